The predicted octanol–water partition coefficient (Wildman–Crippen LogP) is 4.83. The Balaban J connectivity index is 2.08. The molecule has 1 aromatic heterocycles. The van der Waals surface area contributed by atoms with E-state index in [0.717, 1.165) is 46.7 Å². The lowest BCUT2D eigenvalue weighted by Crippen LogP contribution is -2.15. The molecule has 1 heterocycles. The summed E-state index contributed by atoms with van der Waals surface area (Å²) in [4.78, 5) is 8.84. The molecule has 152 valence electrons. The topological polar surface area (TPSA) is 70.3 Å². The number of anilines is 1. The maximum absolute atomic E-state index is 5.87. The summed E-state index contributed by atoms with van der Waals surface area (Å²) in [5, 5.41) is 0. The second kappa shape index (κ2) is 8.52. The molecule has 5 heteroatoms. The fourth-order valence-electron chi connectivity index (χ4n) is 3.45. The number of hydrogen-bond donors (Lipinski definition) is 1. The molecule has 3 rings (SSSR count). The molecule has 5 nitrogen and oxygen atoms in total. The summed E-state index contributed by atoms with van der Waals surface area (Å²) in [6.07, 6.45) is 5.05. The van der Waals surface area contributed by atoms with Crippen LogP contribution in [0.5, 0.6) is 11.6 Å². The highest BCUT2D eigenvalue weighted by atomic mass is 16.5. The maximum atomic E-state index is 5.87. The maximum Gasteiger partial charge on any atom is 0.240 e. The van der Waals surface area contributed by atoms with Crippen LogP contribution in [0.15, 0.2) is 48.8 Å². The Kier molecular flexibility index (Phi) is 6.06. The molecule has 0 amide bonds. The van der Waals surface area contributed by atoms with Crippen LogP contribution in [-0.2, 0) is 18.3 Å². The highest BCUT2D eigenvalue weighted by Crippen LogP contribution is 2.39. The lowest BCUT2D eigenvalue weighted by Gasteiger charge is -2.25. The Hall–Kier alpha value is -3.08. The first-order valence-electron chi connectivity index (χ1n) is 9.74. The summed E-state index contributed by atoms with van der Waals surface area (Å²) < 4.78 is 11.3. The van der Waals surface area contributed by atoms with Crippen LogP contribution in [0.2, 0.25) is 0 Å². The zero-order valence-electron chi connectivity index (χ0n) is 17.8. The van der Waals surface area contributed by atoms with Crippen LogP contribution in [0, 0.1) is 0 Å². The van der Waals surface area contributed by atoms with Crippen LogP contribution >= 0.6 is 0 Å². The van der Waals surface area contributed by atoms with Crippen LogP contribution in [0.1, 0.15) is 37.5 Å². The van der Waals surface area contributed by atoms with Crippen molar-refractivity contribution in [3.05, 3.63) is 65.5 Å². The van der Waals surface area contributed by atoms with Crippen LogP contribution in [0.3, 0.4) is 0 Å². The van der Waals surface area contributed by atoms with Gasteiger partial charge in [-0.2, -0.15) is 0 Å². The van der Waals surface area contributed by atoms with Crippen molar-refractivity contribution in [3.63, 3.8) is 0 Å². The minimum Gasteiger partial charge on any atom is -0.496 e. The number of hydrogen-bond acceptors (Lipinski definition) is 5. The molecule has 0 bridgehead atoms. The van der Waals surface area contributed by atoms with E-state index in [9.17, 15) is 0 Å². The summed E-state index contributed by atoms with van der Waals surface area (Å²) in [7, 11) is 3.35. The van der Waals surface area contributed by atoms with Crippen molar-refractivity contribution in [2.75, 3.05) is 20.0 Å². The van der Waals surface area contributed by atoms with Gasteiger partial charge in [0.25, 0.3) is 0 Å². The van der Waals surface area contributed by atoms with Gasteiger partial charge in [0.05, 0.1) is 14.2 Å². The molecule has 0 radical (unpaired) electrons. The molecule has 2 aromatic carbocycles. The molecular formula is C24H29N3O2. The lowest BCUT2D eigenvalue weighted by molar-refractivity contribution is 0.392. The summed E-state index contributed by atoms with van der Waals surface area (Å²) >= 11 is 0. The number of nitrogens with zero attached hydrogens (tertiary/aromatic N) is 2. The van der Waals surface area contributed by atoms with Crippen molar-refractivity contribution in [2.45, 2.75) is 39.0 Å². The van der Waals surface area contributed by atoms with E-state index in [1.165, 1.54) is 5.56 Å². The number of aromatic nitrogens is 2. The third-order valence-electron chi connectivity index (χ3n) is 4.97. The number of aryl methyl sites for hydroxylation is 2. The molecule has 0 saturated heterocycles. The normalized spacial score (nSPS) is 11.3. The van der Waals surface area contributed by atoms with Crippen molar-refractivity contribution < 1.29 is 9.47 Å². The summed E-state index contributed by atoms with van der Waals surface area (Å²) in [5.41, 5.74) is 11.7. The smallest absolute Gasteiger partial charge is 0.240 e. The van der Waals surface area contributed by atoms with E-state index in [1.54, 1.807) is 26.6 Å². The molecule has 0 saturated carbocycles. The Morgan fingerprint density at radius 1 is 0.897 bits per heavy atom. The second-order valence-electron chi connectivity index (χ2n) is 8.12. The van der Waals surface area contributed by atoms with Crippen molar-refractivity contribution in [1.82, 2.24) is 9.97 Å². The van der Waals surface area contributed by atoms with Crippen molar-refractivity contribution in [3.8, 4) is 22.9 Å². The van der Waals surface area contributed by atoms with Crippen LogP contribution in [0.4, 0.5) is 5.69 Å². The Morgan fingerprint density at radius 3 is 2.21 bits per heavy atom. The standard InChI is InChI=1S/C24H29N3O2/c1-24(2,3)20-15-18(21-23(29-5)27-13-12-26-21)14-17(22(20)28-4)9-6-16-7-10-19(25)11-8-16/h7-8,10-15H,6,9,25H2,1-5H3. The van der Waals surface area contributed by atoms with Gasteiger partial charge in [-0.15, -0.1) is 0 Å². The van der Waals surface area contributed by atoms with Crippen molar-refractivity contribution >= 4 is 5.69 Å². The number of nitrogen functional groups attached to an aromatic ring is 1. The van der Waals surface area contributed by atoms with E-state index < -0.39 is 0 Å². The largest absolute Gasteiger partial charge is 0.496 e. The van der Waals surface area contributed by atoms with Gasteiger partial charge in [-0.25, -0.2) is 9.97 Å². The highest BCUT2D eigenvalue weighted by Gasteiger charge is 2.24. The van der Waals surface area contributed by atoms with Crippen LogP contribution in [-0.4, -0.2) is 24.2 Å². The molecule has 0 unspecified atom stereocenters. The minimum atomic E-state index is -0.0905. The Morgan fingerprint density at radius 2 is 1.59 bits per heavy atom. The van der Waals surface area contributed by atoms with Gasteiger partial charge in [0.2, 0.25) is 5.88 Å². The highest BCUT2D eigenvalue weighted by molar-refractivity contribution is 5.69. The molecule has 3 aromatic rings. The van der Waals surface area contributed by atoms with Gasteiger partial charge in [0, 0.05) is 29.2 Å². The van der Waals surface area contributed by atoms with Crippen LogP contribution < -0.4 is 15.2 Å². The van der Waals surface area contributed by atoms with Gasteiger partial charge >= 0.3 is 0 Å². The molecular weight excluding hydrogens is 362 g/mol. The molecule has 0 aliphatic carbocycles. The van der Waals surface area contributed by atoms with Gasteiger partial charge in [-0.05, 0) is 53.6 Å². The first kappa shape index (κ1) is 20.6. The first-order chi connectivity index (χ1) is 13.8. The average Bonchev–Trinajstić information content (AvgIpc) is 2.72. The third-order valence-corrected chi connectivity index (χ3v) is 4.97. The average molecular weight is 392 g/mol. The van der Waals surface area contributed by atoms with Gasteiger partial charge in [0.15, 0.2) is 0 Å². The number of nitrogens with two attached hydrogens (primary N) is 1. The molecule has 0 atom stereocenters. The molecule has 29 heavy (non-hydrogen) atoms. The number of benzene rings is 2. The van der Waals surface area contributed by atoms with Gasteiger partial charge < -0.3 is 15.2 Å². The predicted molar refractivity (Wildman–Crippen MR) is 118 cm³/mol. The molecule has 0 spiro atoms. The van der Waals surface area contributed by atoms with Gasteiger partial charge in [0.1, 0.15) is 11.4 Å². The summed E-state index contributed by atoms with van der Waals surface area (Å²) in [5.74, 6) is 1.45. The van der Waals surface area contributed by atoms with E-state index in [4.69, 9.17) is 15.2 Å². The van der Waals surface area contributed by atoms with Crippen molar-refractivity contribution in [2.24, 2.45) is 0 Å². The Bertz CT molecular complexity index is 976. The fraction of sp³-hybridized carbons (Fsp3) is 0.333. The van der Waals surface area contributed by atoms with E-state index in [1.807, 2.05) is 12.1 Å². The lowest BCUT2D eigenvalue weighted by atomic mass is 9.83. The van der Waals surface area contributed by atoms with E-state index in [0.29, 0.717) is 5.88 Å². The van der Waals surface area contributed by atoms with Gasteiger partial charge in [-0.3, -0.25) is 0 Å². The fourth-order valence-corrected chi connectivity index (χ4v) is 3.45. The van der Waals surface area contributed by atoms with Gasteiger partial charge in [-0.1, -0.05) is 32.9 Å². The number of methoxy groups -OCH3 is 2. The molecule has 0 aliphatic heterocycles. The van der Waals surface area contributed by atoms with E-state index in [-0.39, 0.29) is 5.41 Å². The number of rotatable bonds is 6. The zero-order chi connectivity index (χ0) is 21.0. The monoisotopic (exact) mass is 391 g/mol. The zero-order valence-corrected chi connectivity index (χ0v) is 17.8. The van der Waals surface area contributed by atoms with E-state index in [2.05, 4.69) is 55.0 Å². The van der Waals surface area contributed by atoms with E-state index >= 15 is 0 Å². The first-order valence-corrected chi connectivity index (χ1v) is 9.74. The van der Waals surface area contributed by atoms with Crippen molar-refractivity contribution in [1.29, 1.82) is 0 Å². The SMILES string of the molecule is COc1nccnc1-c1cc(CCc2ccc(N)cc2)c(OC)c(C(C)(C)C)c1. The Labute approximate surface area is 172 Å². The summed E-state index contributed by atoms with van der Waals surface area (Å²) in [6, 6.07) is 12.3. The third kappa shape index (κ3) is 4.67. The van der Waals surface area contributed by atoms with Crippen LogP contribution in [0.25, 0.3) is 11.3 Å². The molecule has 0 fully saturated rings. The number of ether oxygens (including phenoxy) is 2. The molecule has 0 aliphatic rings. The minimum absolute atomic E-state index is 0.0905. The quantitative estimate of drug-likeness (QED) is 0.610. The summed E-state index contributed by atoms with van der Waals surface area (Å²) in [6.45, 7) is 6.56. The second-order valence-corrected chi connectivity index (χ2v) is 8.12. The molecule has 2 N–H and O–H groups in total.